The van der Waals surface area contributed by atoms with Crippen molar-refractivity contribution in [3.05, 3.63) is 11.4 Å². The van der Waals surface area contributed by atoms with Gasteiger partial charge in [0.25, 0.3) is 0 Å². The molecule has 0 saturated carbocycles. The van der Waals surface area contributed by atoms with Gasteiger partial charge in [-0.05, 0) is 20.8 Å². The van der Waals surface area contributed by atoms with E-state index in [9.17, 15) is 0 Å². The van der Waals surface area contributed by atoms with Crippen LogP contribution in [0.25, 0.3) is 0 Å². The molecule has 1 aromatic rings. The van der Waals surface area contributed by atoms with Gasteiger partial charge in [0, 0.05) is 6.61 Å². The Morgan fingerprint density at radius 3 is 2.44 bits per heavy atom. The lowest BCUT2D eigenvalue weighted by Gasteiger charge is -2.06. The molecule has 0 fully saturated rings. The maximum Gasteiger partial charge on any atom is 0.0825 e. The highest BCUT2D eigenvalue weighted by Crippen LogP contribution is 2.14. The third kappa shape index (κ3) is 3.50. The smallest absolute Gasteiger partial charge is 0.0825 e. The lowest BCUT2D eigenvalue weighted by atomic mass is 10.3. The Bertz CT molecular complexity index is 323. The van der Waals surface area contributed by atoms with Gasteiger partial charge in [-0.3, -0.25) is 4.68 Å². The Balaban J connectivity index is 2.24. The quantitative estimate of drug-likeness (QED) is 0.709. The van der Waals surface area contributed by atoms with Gasteiger partial charge in [-0.25, -0.2) is 0 Å². The molecule has 5 nitrogen and oxygen atoms in total. The van der Waals surface area contributed by atoms with Gasteiger partial charge in [-0.1, -0.05) is 0 Å². The predicted octanol–water partition coefficient (Wildman–Crippen LogP) is 1.14. The van der Waals surface area contributed by atoms with E-state index in [1.807, 2.05) is 25.5 Å². The molecule has 0 bridgehead atoms. The summed E-state index contributed by atoms with van der Waals surface area (Å²) in [5.74, 6) is 0. The van der Waals surface area contributed by atoms with Crippen LogP contribution < -0.4 is 5.73 Å². The van der Waals surface area contributed by atoms with E-state index in [0.29, 0.717) is 19.8 Å². The summed E-state index contributed by atoms with van der Waals surface area (Å²) in [7, 11) is 0. The van der Waals surface area contributed by atoms with E-state index in [1.165, 1.54) is 0 Å². The van der Waals surface area contributed by atoms with Gasteiger partial charge in [0.2, 0.25) is 0 Å². The summed E-state index contributed by atoms with van der Waals surface area (Å²) in [6, 6.07) is 0. The molecule has 0 radical (unpaired) electrons. The number of rotatable bonds is 7. The number of hydrogen-bond donors (Lipinski definition) is 1. The van der Waals surface area contributed by atoms with Crippen molar-refractivity contribution in [2.75, 3.05) is 32.2 Å². The van der Waals surface area contributed by atoms with Crippen LogP contribution in [0, 0.1) is 13.8 Å². The number of ether oxygens (including phenoxy) is 2. The van der Waals surface area contributed by atoms with Gasteiger partial charge in [-0.15, -0.1) is 0 Å². The van der Waals surface area contributed by atoms with Crippen LogP contribution in [0.3, 0.4) is 0 Å². The average Bonchev–Trinajstić information content (AvgIpc) is 2.51. The van der Waals surface area contributed by atoms with Crippen molar-refractivity contribution in [2.24, 2.45) is 0 Å². The van der Waals surface area contributed by atoms with Crippen LogP contribution in [0.5, 0.6) is 0 Å². The minimum Gasteiger partial charge on any atom is -0.396 e. The lowest BCUT2D eigenvalue weighted by molar-refractivity contribution is 0.0486. The van der Waals surface area contributed by atoms with Crippen LogP contribution in [0.15, 0.2) is 0 Å². The van der Waals surface area contributed by atoms with Gasteiger partial charge in [0.05, 0.1) is 43.4 Å². The number of nitrogens with zero attached hydrogens (tertiary/aromatic N) is 2. The van der Waals surface area contributed by atoms with Crippen molar-refractivity contribution in [1.82, 2.24) is 9.78 Å². The first-order chi connectivity index (χ1) is 7.66. The third-order valence-corrected chi connectivity index (χ3v) is 2.46. The van der Waals surface area contributed by atoms with Crippen molar-refractivity contribution in [3.63, 3.8) is 0 Å². The molecule has 0 aliphatic carbocycles. The summed E-state index contributed by atoms with van der Waals surface area (Å²) in [6.45, 7) is 9.23. The molecule has 0 aliphatic rings. The lowest BCUT2D eigenvalue weighted by Crippen LogP contribution is -2.12. The summed E-state index contributed by atoms with van der Waals surface area (Å²) in [5.41, 5.74) is 8.49. The number of nitrogens with two attached hydrogens (primary N) is 1. The molecule has 0 saturated heterocycles. The van der Waals surface area contributed by atoms with Gasteiger partial charge >= 0.3 is 0 Å². The second kappa shape index (κ2) is 6.50. The summed E-state index contributed by atoms with van der Waals surface area (Å²) < 4.78 is 12.5. The second-order valence-electron chi connectivity index (χ2n) is 3.62. The molecule has 16 heavy (non-hydrogen) atoms. The van der Waals surface area contributed by atoms with Crippen molar-refractivity contribution in [2.45, 2.75) is 27.3 Å². The van der Waals surface area contributed by atoms with E-state index < -0.39 is 0 Å². The molecule has 92 valence electrons. The van der Waals surface area contributed by atoms with E-state index in [2.05, 4.69) is 5.10 Å². The van der Waals surface area contributed by atoms with Gasteiger partial charge in [0.15, 0.2) is 0 Å². The predicted molar refractivity (Wildman–Crippen MR) is 63.4 cm³/mol. The fourth-order valence-electron chi connectivity index (χ4n) is 1.44. The highest BCUT2D eigenvalue weighted by molar-refractivity contribution is 5.46. The van der Waals surface area contributed by atoms with E-state index in [4.69, 9.17) is 15.2 Å². The van der Waals surface area contributed by atoms with E-state index in [1.54, 1.807) is 0 Å². The topological polar surface area (TPSA) is 62.3 Å². The van der Waals surface area contributed by atoms with Crippen LogP contribution >= 0.6 is 0 Å². The minimum absolute atomic E-state index is 0.628. The first kappa shape index (κ1) is 13.0. The van der Waals surface area contributed by atoms with Gasteiger partial charge in [0.1, 0.15) is 0 Å². The fourth-order valence-corrected chi connectivity index (χ4v) is 1.44. The first-order valence-corrected chi connectivity index (χ1v) is 5.61. The molecule has 2 N–H and O–H groups in total. The maximum absolute atomic E-state index is 5.83. The standard InChI is InChI=1S/C11H21N3O2/c1-4-15-7-8-16-6-5-14-10(3)11(12)9(2)13-14/h4-8,12H2,1-3H3. The number of anilines is 1. The van der Waals surface area contributed by atoms with Crippen molar-refractivity contribution >= 4 is 5.69 Å². The summed E-state index contributed by atoms with van der Waals surface area (Å²) in [4.78, 5) is 0. The SMILES string of the molecule is CCOCCOCCn1nc(C)c(N)c1C. The largest absolute Gasteiger partial charge is 0.396 e. The zero-order valence-electron chi connectivity index (χ0n) is 10.3. The summed E-state index contributed by atoms with van der Waals surface area (Å²) in [6.07, 6.45) is 0. The Morgan fingerprint density at radius 2 is 1.88 bits per heavy atom. The second-order valence-corrected chi connectivity index (χ2v) is 3.62. The number of aromatic nitrogens is 2. The normalized spacial score (nSPS) is 10.9. The summed E-state index contributed by atoms with van der Waals surface area (Å²) in [5, 5.41) is 4.32. The Labute approximate surface area is 96.5 Å². The Kier molecular flexibility index (Phi) is 5.28. The summed E-state index contributed by atoms with van der Waals surface area (Å²) >= 11 is 0. The fraction of sp³-hybridized carbons (Fsp3) is 0.727. The molecule has 0 unspecified atom stereocenters. The van der Waals surface area contributed by atoms with Crippen LogP contribution in [0.2, 0.25) is 0 Å². The van der Waals surface area contributed by atoms with E-state index >= 15 is 0 Å². The van der Waals surface area contributed by atoms with Crippen LogP contribution in [0.4, 0.5) is 5.69 Å². The van der Waals surface area contributed by atoms with Crippen LogP contribution in [-0.2, 0) is 16.0 Å². The monoisotopic (exact) mass is 227 g/mol. The number of aryl methyl sites for hydroxylation is 1. The third-order valence-electron chi connectivity index (χ3n) is 2.46. The molecular weight excluding hydrogens is 206 g/mol. The number of hydrogen-bond acceptors (Lipinski definition) is 4. The highest BCUT2D eigenvalue weighted by atomic mass is 16.5. The van der Waals surface area contributed by atoms with Crippen molar-refractivity contribution in [1.29, 1.82) is 0 Å². The molecule has 0 atom stereocenters. The molecule has 1 rings (SSSR count). The van der Waals surface area contributed by atoms with Crippen molar-refractivity contribution in [3.8, 4) is 0 Å². The zero-order valence-corrected chi connectivity index (χ0v) is 10.3. The first-order valence-electron chi connectivity index (χ1n) is 5.61. The van der Waals surface area contributed by atoms with Gasteiger partial charge in [-0.2, -0.15) is 5.10 Å². The minimum atomic E-state index is 0.628. The molecule has 0 aliphatic heterocycles. The Morgan fingerprint density at radius 1 is 1.19 bits per heavy atom. The molecule has 5 heteroatoms. The molecule has 0 aromatic carbocycles. The highest BCUT2D eigenvalue weighted by Gasteiger charge is 2.06. The van der Waals surface area contributed by atoms with Gasteiger partial charge < -0.3 is 15.2 Å². The molecular formula is C11H21N3O2. The molecule has 0 spiro atoms. The molecule has 1 aromatic heterocycles. The molecule has 1 heterocycles. The average molecular weight is 227 g/mol. The van der Waals surface area contributed by atoms with E-state index in [-0.39, 0.29) is 0 Å². The van der Waals surface area contributed by atoms with Crippen LogP contribution in [0.1, 0.15) is 18.3 Å². The van der Waals surface area contributed by atoms with Crippen molar-refractivity contribution < 1.29 is 9.47 Å². The zero-order chi connectivity index (χ0) is 12.0. The Hall–Kier alpha value is -1.07. The van der Waals surface area contributed by atoms with E-state index in [0.717, 1.165) is 30.2 Å². The van der Waals surface area contributed by atoms with Crippen LogP contribution in [-0.4, -0.2) is 36.2 Å². The molecule has 0 amide bonds. The maximum atomic E-state index is 5.83. The number of nitrogen functional groups attached to an aromatic ring is 1.